The smallest absolute Gasteiger partial charge is 0.306 e. The van der Waals surface area contributed by atoms with Gasteiger partial charge in [-0.05, 0) is 44.9 Å². The van der Waals surface area contributed by atoms with Gasteiger partial charge in [-0.25, -0.2) is 0 Å². The summed E-state index contributed by atoms with van der Waals surface area (Å²) in [4.78, 5) is 26.1. The van der Waals surface area contributed by atoms with Crippen LogP contribution in [0.5, 0.6) is 0 Å². The van der Waals surface area contributed by atoms with E-state index in [0.29, 0.717) is 19.3 Å². The van der Waals surface area contributed by atoms with Gasteiger partial charge in [0.05, 0.1) is 25.2 Å². The number of hydrogen-bond donors (Lipinski definition) is 3. The van der Waals surface area contributed by atoms with E-state index in [4.69, 9.17) is 4.74 Å². The van der Waals surface area contributed by atoms with Gasteiger partial charge in [0.1, 0.15) is 6.10 Å². The summed E-state index contributed by atoms with van der Waals surface area (Å²) in [6, 6.07) is -0.696. The first-order valence-corrected chi connectivity index (χ1v) is 26.4. The Morgan fingerprint density at radius 1 is 0.475 bits per heavy atom. The number of hydrogen-bond acceptors (Lipinski definition) is 5. The number of aliphatic hydroxyl groups excluding tert-OH is 2. The van der Waals surface area contributed by atoms with Gasteiger partial charge in [-0.3, -0.25) is 9.59 Å². The van der Waals surface area contributed by atoms with Crippen LogP contribution in [0.4, 0.5) is 0 Å². The van der Waals surface area contributed by atoms with Crippen LogP contribution in [-0.2, 0) is 14.3 Å². The van der Waals surface area contributed by atoms with Gasteiger partial charge < -0.3 is 20.3 Å². The quantitative estimate of drug-likeness (QED) is 0.0322. The van der Waals surface area contributed by atoms with Crippen LogP contribution < -0.4 is 5.32 Å². The molecule has 0 fully saturated rings. The summed E-state index contributed by atoms with van der Waals surface area (Å²) in [5.74, 6) is -0.469. The van der Waals surface area contributed by atoms with Crippen molar-refractivity contribution in [1.82, 2.24) is 5.32 Å². The zero-order chi connectivity index (χ0) is 43.1. The lowest BCUT2D eigenvalue weighted by Crippen LogP contribution is -2.46. The third-order valence-corrected chi connectivity index (χ3v) is 12.3. The van der Waals surface area contributed by atoms with E-state index in [-0.39, 0.29) is 24.9 Å². The van der Waals surface area contributed by atoms with Crippen LogP contribution in [0.1, 0.15) is 290 Å². The summed E-state index contributed by atoms with van der Waals surface area (Å²) >= 11 is 0. The van der Waals surface area contributed by atoms with Gasteiger partial charge in [0.15, 0.2) is 0 Å². The minimum Gasteiger partial charge on any atom is -0.462 e. The summed E-state index contributed by atoms with van der Waals surface area (Å²) in [5, 5.41) is 23.8. The summed E-state index contributed by atoms with van der Waals surface area (Å²) < 4.78 is 5.92. The molecule has 0 radical (unpaired) electrons. The van der Waals surface area contributed by atoms with Gasteiger partial charge in [-0.1, -0.05) is 245 Å². The van der Waals surface area contributed by atoms with Gasteiger partial charge in [0.2, 0.25) is 5.91 Å². The number of aliphatic hydroxyl groups is 2. The highest BCUT2D eigenvalue weighted by Gasteiger charge is 2.24. The van der Waals surface area contributed by atoms with E-state index in [9.17, 15) is 19.8 Å². The first kappa shape index (κ1) is 57.6. The number of nitrogens with one attached hydrogen (secondary N) is 1. The zero-order valence-corrected chi connectivity index (χ0v) is 39.9. The lowest BCUT2D eigenvalue weighted by Gasteiger charge is -2.24. The molecule has 0 aliphatic heterocycles. The highest BCUT2D eigenvalue weighted by atomic mass is 16.5. The molecule has 0 heterocycles. The van der Waals surface area contributed by atoms with Crippen LogP contribution in [0.2, 0.25) is 0 Å². The second-order valence-corrected chi connectivity index (χ2v) is 18.3. The number of carbonyl (C=O) groups is 2. The molecule has 59 heavy (non-hydrogen) atoms. The molecule has 350 valence electrons. The molecule has 0 aliphatic rings. The lowest BCUT2D eigenvalue weighted by molar-refractivity contribution is -0.151. The number of rotatable bonds is 48. The molecule has 0 rings (SSSR count). The van der Waals surface area contributed by atoms with Crippen LogP contribution in [0.15, 0.2) is 12.2 Å². The molecule has 6 heteroatoms. The minimum absolute atomic E-state index is 0.0812. The standard InChI is InChI=1S/C53H103NO5/c1-4-7-10-13-16-19-22-24-25-26-27-29-31-33-36-39-42-45-51(56)50(48-55)54-52(57)47-49(44-41-38-35-32-30-28-23-20-17-14-11-8-5-2)59-53(58)46-43-40-37-34-21-18-15-12-9-6-3/h12,15,49-51,55-56H,4-11,13-14,16-48H2,1-3H3,(H,54,57)/b15-12-. The van der Waals surface area contributed by atoms with Gasteiger partial charge >= 0.3 is 5.97 Å². The molecule has 3 atom stereocenters. The fourth-order valence-corrected chi connectivity index (χ4v) is 8.32. The normalized spacial score (nSPS) is 13.2. The molecule has 0 saturated carbocycles. The van der Waals surface area contributed by atoms with Crippen molar-refractivity contribution in [3.05, 3.63) is 12.2 Å². The molecule has 0 bridgehead atoms. The number of unbranched alkanes of at least 4 members (excludes halogenated alkanes) is 34. The van der Waals surface area contributed by atoms with Crippen LogP contribution in [-0.4, -0.2) is 46.9 Å². The minimum atomic E-state index is -0.783. The van der Waals surface area contributed by atoms with E-state index < -0.39 is 18.2 Å². The summed E-state index contributed by atoms with van der Waals surface area (Å²) in [6.45, 7) is 6.45. The molecular formula is C53H103NO5. The molecule has 0 aliphatic carbocycles. The Balaban J connectivity index is 4.44. The van der Waals surface area contributed by atoms with E-state index in [1.165, 1.54) is 186 Å². The number of allylic oxidation sites excluding steroid dienone is 2. The second kappa shape index (κ2) is 47.6. The third-order valence-electron chi connectivity index (χ3n) is 12.3. The molecule has 6 nitrogen and oxygen atoms in total. The van der Waals surface area contributed by atoms with Crippen LogP contribution in [0.25, 0.3) is 0 Å². The SMILES string of the molecule is CCC/C=C\CCCCCCCC(=O)OC(CCCCCCCCCCCCCCC)CC(=O)NC(CO)C(O)CCCCCCCCCCCCCCCCCCC. The van der Waals surface area contributed by atoms with Crippen LogP contribution >= 0.6 is 0 Å². The first-order chi connectivity index (χ1) is 29.0. The van der Waals surface area contributed by atoms with Gasteiger partial charge in [0.25, 0.3) is 0 Å². The summed E-state index contributed by atoms with van der Waals surface area (Å²) in [7, 11) is 0. The van der Waals surface area contributed by atoms with Crippen molar-refractivity contribution in [3.8, 4) is 0 Å². The molecule has 3 unspecified atom stereocenters. The van der Waals surface area contributed by atoms with Crippen molar-refractivity contribution < 1.29 is 24.5 Å². The van der Waals surface area contributed by atoms with Crippen molar-refractivity contribution in [1.29, 1.82) is 0 Å². The Labute approximate surface area is 368 Å². The largest absolute Gasteiger partial charge is 0.462 e. The predicted octanol–water partition coefficient (Wildman–Crippen LogP) is 15.7. The van der Waals surface area contributed by atoms with Crippen molar-refractivity contribution in [2.24, 2.45) is 0 Å². The van der Waals surface area contributed by atoms with Crippen molar-refractivity contribution >= 4 is 11.9 Å². The van der Waals surface area contributed by atoms with Gasteiger partial charge in [0, 0.05) is 6.42 Å². The maximum atomic E-state index is 13.2. The van der Waals surface area contributed by atoms with Gasteiger partial charge in [-0.15, -0.1) is 0 Å². The Hall–Kier alpha value is -1.40. The molecule has 0 aromatic rings. The number of ether oxygens (including phenoxy) is 1. The van der Waals surface area contributed by atoms with Crippen LogP contribution in [0.3, 0.4) is 0 Å². The monoisotopic (exact) mass is 834 g/mol. The zero-order valence-electron chi connectivity index (χ0n) is 39.9. The Morgan fingerprint density at radius 2 is 0.847 bits per heavy atom. The topological polar surface area (TPSA) is 95.9 Å². The fourth-order valence-electron chi connectivity index (χ4n) is 8.32. The summed E-state index contributed by atoms with van der Waals surface area (Å²) in [6.07, 6.45) is 52.8. The number of carbonyl (C=O) groups excluding carboxylic acids is 2. The average Bonchev–Trinajstić information content (AvgIpc) is 3.23. The predicted molar refractivity (Wildman–Crippen MR) is 255 cm³/mol. The lowest BCUT2D eigenvalue weighted by atomic mass is 10.0. The molecule has 1 amide bonds. The van der Waals surface area contributed by atoms with Crippen molar-refractivity contribution in [2.45, 2.75) is 309 Å². The second-order valence-electron chi connectivity index (χ2n) is 18.3. The van der Waals surface area contributed by atoms with E-state index in [1.54, 1.807) is 0 Å². The Morgan fingerprint density at radius 3 is 1.27 bits per heavy atom. The van der Waals surface area contributed by atoms with Crippen molar-refractivity contribution in [3.63, 3.8) is 0 Å². The molecule has 0 aromatic heterocycles. The van der Waals surface area contributed by atoms with Crippen molar-refractivity contribution in [2.75, 3.05) is 6.61 Å². The summed E-state index contributed by atoms with van der Waals surface area (Å²) in [5.41, 5.74) is 0. The van der Waals surface area contributed by atoms with Gasteiger partial charge in [-0.2, -0.15) is 0 Å². The van der Waals surface area contributed by atoms with E-state index in [2.05, 4.69) is 38.2 Å². The first-order valence-electron chi connectivity index (χ1n) is 26.4. The fraction of sp³-hybridized carbons (Fsp3) is 0.925. The molecule has 0 saturated heterocycles. The highest BCUT2D eigenvalue weighted by Crippen LogP contribution is 2.19. The van der Waals surface area contributed by atoms with Crippen LogP contribution in [0, 0.1) is 0 Å². The maximum absolute atomic E-state index is 13.2. The molecule has 3 N–H and O–H groups in total. The highest BCUT2D eigenvalue weighted by molar-refractivity contribution is 5.77. The number of amides is 1. The Bertz CT molecular complexity index is 893. The molecule has 0 aromatic carbocycles. The molecular weight excluding hydrogens is 731 g/mol. The third kappa shape index (κ3) is 43.1. The van der Waals surface area contributed by atoms with E-state index in [0.717, 1.165) is 57.8 Å². The van der Waals surface area contributed by atoms with E-state index in [1.807, 2.05) is 0 Å². The van der Waals surface area contributed by atoms with E-state index >= 15 is 0 Å². The maximum Gasteiger partial charge on any atom is 0.306 e. The molecule has 0 spiro atoms. The Kier molecular flexibility index (Phi) is 46.5. The average molecular weight is 834 g/mol. The number of esters is 1.